The number of nitriles is 1. The van der Waals surface area contributed by atoms with Crippen molar-refractivity contribution in [3.05, 3.63) is 80.9 Å². The van der Waals surface area contributed by atoms with Crippen molar-refractivity contribution in [2.24, 2.45) is 0 Å². The number of non-ortho nitro benzene ring substituents is 1. The first-order valence-corrected chi connectivity index (χ1v) is 9.92. The van der Waals surface area contributed by atoms with Crippen LogP contribution in [0.25, 0.3) is 28.4 Å². The van der Waals surface area contributed by atoms with Gasteiger partial charge in [0.1, 0.15) is 17.6 Å². The summed E-state index contributed by atoms with van der Waals surface area (Å²) in [5.41, 5.74) is 6.45. The van der Waals surface area contributed by atoms with Crippen molar-refractivity contribution in [1.29, 1.82) is 5.26 Å². The molecule has 2 heterocycles. The highest BCUT2D eigenvalue weighted by molar-refractivity contribution is 5.91. The number of rotatable bonds is 5. The molecule has 4 rings (SSSR count). The van der Waals surface area contributed by atoms with Crippen molar-refractivity contribution in [3.8, 4) is 17.5 Å². The molecule has 0 spiro atoms. The van der Waals surface area contributed by atoms with Gasteiger partial charge >= 0.3 is 0 Å². The van der Waals surface area contributed by atoms with Crippen molar-refractivity contribution in [2.75, 3.05) is 7.11 Å². The highest BCUT2D eigenvalue weighted by atomic mass is 16.6. The SMILES string of the molecule is COc1cc([N+](=O)[O-])ccc1-n1c(C)cc(C=C(C#N)c2nc3ccc(C)cc3[nH]2)c1C. The molecule has 8 heteroatoms. The minimum atomic E-state index is -0.454. The number of aromatic nitrogens is 3. The Hall–Kier alpha value is -4.38. The monoisotopic (exact) mass is 427 g/mol. The lowest BCUT2D eigenvalue weighted by Crippen LogP contribution is -2.03. The van der Waals surface area contributed by atoms with Gasteiger partial charge in [-0.1, -0.05) is 6.07 Å². The summed E-state index contributed by atoms with van der Waals surface area (Å²) >= 11 is 0. The number of imidazole rings is 1. The number of allylic oxidation sites excluding steroid dienone is 1. The van der Waals surface area contributed by atoms with Gasteiger partial charge in [-0.05, 0) is 62.2 Å². The molecule has 0 unspecified atom stereocenters. The number of hydrogen-bond donors (Lipinski definition) is 1. The van der Waals surface area contributed by atoms with Gasteiger partial charge in [0, 0.05) is 17.5 Å². The zero-order valence-corrected chi connectivity index (χ0v) is 18.1. The van der Waals surface area contributed by atoms with E-state index in [1.54, 1.807) is 12.1 Å². The van der Waals surface area contributed by atoms with Crippen molar-refractivity contribution in [1.82, 2.24) is 14.5 Å². The number of ether oxygens (including phenoxy) is 1. The van der Waals surface area contributed by atoms with Crippen LogP contribution in [0.1, 0.15) is 28.3 Å². The van der Waals surface area contributed by atoms with E-state index in [1.807, 2.05) is 49.6 Å². The Labute approximate surface area is 184 Å². The number of nitro groups is 1. The van der Waals surface area contributed by atoms with Crippen LogP contribution in [-0.2, 0) is 0 Å². The fraction of sp³-hybridized carbons (Fsp3) is 0.167. The first-order chi connectivity index (χ1) is 15.3. The van der Waals surface area contributed by atoms with Crippen molar-refractivity contribution >= 4 is 28.4 Å². The second kappa shape index (κ2) is 8.04. The quantitative estimate of drug-likeness (QED) is 0.265. The summed E-state index contributed by atoms with van der Waals surface area (Å²) < 4.78 is 7.37. The lowest BCUT2D eigenvalue weighted by atomic mass is 10.1. The molecule has 0 saturated carbocycles. The molecule has 0 aliphatic heterocycles. The predicted molar refractivity (Wildman–Crippen MR) is 123 cm³/mol. The number of fused-ring (bicyclic) bond motifs is 1. The maximum absolute atomic E-state index is 11.1. The van der Waals surface area contributed by atoms with E-state index in [-0.39, 0.29) is 5.69 Å². The molecule has 4 aromatic rings. The van der Waals surface area contributed by atoms with Crippen LogP contribution in [0, 0.1) is 42.2 Å². The van der Waals surface area contributed by atoms with Gasteiger partial charge in [0.2, 0.25) is 0 Å². The molecular weight excluding hydrogens is 406 g/mol. The van der Waals surface area contributed by atoms with E-state index in [9.17, 15) is 15.4 Å². The Kier molecular flexibility index (Phi) is 5.24. The van der Waals surface area contributed by atoms with Crippen LogP contribution in [0.3, 0.4) is 0 Å². The number of aromatic amines is 1. The topological polar surface area (TPSA) is 110 Å². The van der Waals surface area contributed by atoms with Crippen LogP contribution in [0.2, 0.25) is 0 Å². The van der Waals surface area contributed by atoms with Crippen LogP contribution in [0.15, 0.2) is 42.5 Å². The van der Waals surface area contributed by atoms with Gasteiger partial charge in [-0.3, -0.25) is 10.1 Å². The minimum absolute atomic E-state index is 0.0416. The zero-order valence-electron chi connectivity index (χ0n) is 18.1. The Balaban J connectivity index is 1.81. The van der Waals surface area contributed by atoms with Crippen LogP contribution in [-0.4, -0.2) is 26.6 Å². The van der Waals surface area contributed by atoms with E-state index in [1.165, 1.54) is 19.2 Å². The molecule has 0 amide bonds. The number of nitrogens with one attached hydrogen (secondary N) is 1. The van der Waals surface area contributed by atoms with Crippen molar-refractivity contribution in [2.45, 2.75) is 20.8 Å². The molecule has 0 fully saturated rings. The third-order valence-corrected chi connectivity index (χ3v) is 5.40. The van der Waals surface area contributed by atoms with Crippen LogP contribution < -0.4 is 4.74 Å². The van der Waals surface area contributed by atoms with E-state index < -0.39 is 4.92 Å². The molecule has 32 heavy (non-hydrogen) atoms. The summed E-state index contributed by atoms with van der Waals surface area (Å²) in [5.74, 6) is 0.899. The highest BCUT2D eigenvalue weighted by Crippen LogP contribution is 2.32. The van der Waals surface area contributed by atoms with Gasteiger partial charge in [-0.25, -0.2) is 4.98 Å². The average molecular weight is 427 g/mol. The minimum Gasteiger partial charge on any atom is -0.494 e. The average Bonchev–Trinajstić information content (AvgIpc) is 3.31. The second-order valence-electron chi connectivity index (χ2n) is 7.55. The molecule has 2 aromatic heterocycles. The molecular formula is C24H21N5O3. The van der Waals surface area contributed by atoms with Crippen molar-refractivity contribution < 1.29 is 9.66 Å². The molecule has 0 saturated heterocycles. The number of nitro benzene ring substituents is 1. The Morgan fingerprint density at radius 2 is 2.00 bits per heavy atom. The van der Waals surface area contributed by atoms with E-state index in [4.69, 9.17) is 4.74 Å². The number of methoxy groups -OCH3 is 1. The standard InChI is InChI=1S/C24H21N5O3/c1-14-5-7-20-21(9-14)27-24(26-20)18(13-25)11-17-10-15(2)28(16(17)3)22-8-6-19(29(30)31)12-23(22)32-4/h5-12H,1-4H3,(H,26,27). The summed E-state index contributed by atoms with van der Waals surface area (Å²) in [6.07, 6.45) is 1.79. The molecule has 0 bridgehead atoms. The number of aryl methyl sites for hydroxylation is 2. The zero-order chi connectivity index (χ0) is 23.0. The summed E-state index contributed by atoms with van der Waals surface area (Å²) in [6, 6.07) is 14.6. The summed E-state index contributed by atoms with van der Waals surface area (Å²) in [4.78, 5) is 18.4. The maximum atomic E-state index is 11.1. The first kappa shape index (κ1) is 20.9. The fourth-order valence-corrected chi connectivity index (χ4v) is 3.83. The van der Waals surface area contributed by atoms with Crippen LogP contribution >= 0.6 is 0 Å². The lowest BCUT2D eigenvalue weighted by molar-refractivity contribution is -0.384. The summed E-state index contributed by atoms with van der Waals surface area (Å²) in [7, 11) is 1.48. The molecule has 0 aliphatic carbocycles. The van der Waals surface area contributed by atoms with Gasteiger partial charge in [-0.2, -0.15) is 5.26 Å². The molecule has 8 nitrogen and oxygen atoms in total. The third-order valence-electron chi connectivity index (χ3n) is 5.40. The molecule has 0 atom stereocenters. The maximum Gasteiger partial charge on any atom is 0.273 e. The largest absolute Gasteiger partial charge is 0.494 e. The molecule has 0 radical (unpaired) electrons. The summed E-state index contributed by atoms with van der Waals surface area (Å²) in [6.45, 7) is 5.86. The van der Waals surface area contributed by atoms with Crippen molar-refractivity contribution in [3.63, 3.8) is 0 Å². The second-order valence-corrected chi connectivity index (χ2v) is 7.55. The van der Waals surface area contributed by atoms with Gasteiger partial charge in [-0.15, -0.1) is 0 Å². The third kappa shape index (κ3) is 3.61. The van der Waals surface area contributed by atoms with E-state index >= 15 is 0 Å². The molecule has 160 valence electrons. The Morgan fingerprint density at radius 3 is 2.69 bits per heavy atom. The molecule has 1 N–H and O–H groups in total. The van der Waals surface area contributed by atoms with Gasteiger partial charge < -0.3 is 14.3 Å². The first-order valence-electron chi connectivity index (χ1n) is 9.92. The number of H-pyrrole nitrogens is 1. The van der Waals surface area contributed by atoms with E-state index in [0.29, 0.717) is 22.8 Å². The van der Waals surface area contributed by atoms with E-state index in [0.717, 1.165) is 33.5 Å². The summed E-state index contributed by atoms with van der Waals surface area (Å²) in [5, 5.41) is 20.9. The Morgan fingerprint density at radius 1 is 1.22 bits per heavy atom. The number of benzene rings is 2. The van der Waals surface area contributed by atoms with E-state index in [2.05, 4.69) is 16.0 Å². The van der Waals surface area contributed by atoms with Gasteiger partial charge in [0.05, 0.1) is 40.4 Å². The van der Waals surface area contributed by atoms with Gasteiger partial charge in [0.15, 0.2) is 0 Å². The Bertz CT molecular complexity index is 1440. The normalized spacial score (nSPS) is 11.5. The predicted octanol–water partition coefficient (Wildman–Crippen LogP) is 5.26. The highest BCUT2D eigenvalue weighted by Gasteiger charge is 2.18. The lowest BCUT2D eigenvalue weighted by Gasteiger charge is -2.13. The van der Waals surface area contributed by atoms with Gasteiger partial charge in [0.25, 0.3) is 5.69 Å². The fourth-order valence-electron chi connectivity index (χ4n) is 3.83. The van der Waals surface area contributed by atoms with Crippen LogP contribution in [0.5, 0.6) is 5.75 Å². The van der Waals surface area contributed by atoms with Crippen LogP contribution in [0.4, 0.5) is 5.69 Å². The smallest absolute Gasteiger partial charge is 0.273 e. The number of hydrogen-bond acceptors (Lipinski definition) is 5. The molecule has 0 aliphatic rings. The number of nitrogens with zero attached hydrogens (tertiary/aromatic N) is 4. The molecule has 2 aromatic carbocycles.